The molecule has 2 rings (SSSR count). The molecule has 0 fully saturated rings. The van der Waals surface area contributed by atoms with Crippen LogP contribution in [0.2, 0.25) is 5.15 Å². The molecule has 2 aromatic rings. The van der Waals surface area contributed by atoms with Crippen molar-refractivity contribution in [2.45, 2.75) is 13.0 Å². The Balaban J connectivity index is 2.28. The summed E-state index contributed by atoms with van der Waals surface area (Å²) in [6.45, 7) is 0.530. The Morgan fingerprint density at radius 1 is 1.31 bits per heavy atom. The van der Waals surface area contributed by atoms with Gasteiger partial charge in [-0.1, -0.05) is 41.9 Å². The lowest BCUT2D eigenvalue weighted by atomic mass is 10.2. The van der Waals surface area contributed by atoms with Crippen molar-refractivity contribution in [1.82, 2.24) is 9.78 Å². The molecule has 3 nitrogen and oxygen atoms in total. The van der Waals surface area contributed by atoms with Gasteiger partial charge < -0.3 is 0 Å². The van der Waals surface area contributed by atoms with Crippen LogP contribution < -0.4 is 0 Å². The summed E-state index contributed by atoms with van der Waals surface area (Å²) < 4.78 is 1.65. The zero-order chi connectivity index (χ0) is 11.4. The van der Waals surface area contributed by atoms with Crippen molar-refractivity contribution in [3.63, 3.8) is 0 Å². The molecule has 16 heavy (non-hydrogen) atoms. The summed E-state index contributed by atoms with van der Waals surface area (Å²) in [5.41, 5.74) is 1.86. The minimum absolute atomic E-state index is 0.412. The molecule has 0 bridgehead atoms. The average molecular weight is 232 g/mol. The first-order valence-corrected chi connectivity index (χ1v) is 5.35. The minimum Gasteiger partial charge on any atom is -0.252 e. The first-order valence-electron chi connectivity index (χ1n) is 4.97. The fourth-order valence-electron chi connectivity index (χ4n) is 1.46. The van der Waals surface area contributed by atoms with Gasteiger partial charge in [0.25, 0.3) is 0 Å². The summed E-state index contributed by atoms with van der Waals surface area (Å²) in [4.78, 5) is 0. The molecule has 0 radical (unpaired) electrons. The lowest BCUT2D eigenvalue weighted by molar-refractivity contribution is 0.630. The molecule has 0 unspecified atom stereocenters. The minimum atomic E-state index is 0.412. The van der Waals surface area contributed by atoms with Gasteiger partial charge in [0, 0.05) is 11.6 Å². The van der Waals surface area contributed by atoms with Gasteiger partial charge in [0.1, 0.15) is 5.15 Å². The summed E-state index contributed by atoms with van der Waals surface area (Å²) in [5, 5.41) is 13.4. The zero-order valence-electron chi connectivity index (χ0n) is 8.60. The van der Waals surface area contributed by atoms with Crippen LogP contribution in [0.1, 0.15) is 6.42 Å². The molecule has 0 atom stereocenters. The van der Waals surface area contributed by atoms with Gasteiger partial charge in [-0.15, -0.1) is 0 Å². The van der Waals surface area contributed by atoms with Crippen LogP contribution >= 0.6 is 11.6 Å². The molecule has 1 aromatic heterocycles. The van der Waals surface area contributed by atoms with E-state index < -0.39 is 0 Å². The molecule has 0 saturated carbocycles. The van der Waals surface area contributed by atoms with Crippen LogP contribution in [0.15, 0.2) is 36.4 Å². The Morgan fingerprint density at radius 2 is 2.06 bits per heavy atom. The normalized spacial score (nSPS) is 10.0. The van der Waals surface area contributed by atoms with Gasteiger partial charge in [0.15, 0.2) is 0 Å². The Kier molecular flexibility index (Phi) is 3.23. The summed E-state index contributed by atoms with van der Waals surface area (Å²) >= 11 is 6.02. The molecule has 1 aromatic carbocycles. The molecule has 0 aliphatic heterocycles. The van der Waals surface area contributed by atoms with Crippen molar-refractivity contribution in [2.24, 2.45) is 0 Å². The largest absolute Gasteiger partial charge is 0.252 e. The van der Waals surface area contributed by atoms with Crippen LogP contribution in [-0.4, -0.2) is 9.78 Å². The van der Waals surface area contributed by atoms with Gasteiger partial charge in [-0.05, 0) is 0 Å². The van der Waals surface area contributed by atoms with Crippen LogP contribution in [0.25, 0.3) is 11.3 Å². The van der Waals surface area contributed by atoms with Crippen LogP contribution in [0.4, 0.5) is 0 Å². The van der Waals surface area contributed by atoms with Crippen LogP contribution in [0.3, 0.4) is 0 Å². The molecular formula is C12H10ClN3. The standard InChI is InChI=1S/C12H10ClN3/c13-12-9-11(10-5-2-1-3-6-10)15-16(12)8-4-7-14/h1-3,5-6,9H,4,8H2. The fraction of sp³-hybridized carbons (Fsp3) is 0.167. The number of benzene rings is 1. The van der Waals surface area contributed by atoms with E-state index in [1.54, 1.807) is 4.68 Å². The first-order chi connectivity index (χ1) is 7.81. The van der Waals surface area contributed by atoms with Gasteiger partial charge in [-0.2, -0.15) is 10.4 Å². The van der Waals surface area contributed by atoms with E-state index in [1.807, 2.05) is 36.4 Å². The molecule has 0 N–H and O–H groups in total. The molecule has 0 aliphatic carbocycles. The third-order valence-electron chi connectivity index (χ3n) is 2.24. The Labute approximate surface area is 98.9 Å². The van der Waals surface area contributed by atoms with Crippen molar-refractivity contribution in [2.75, 3.05) is 0 Å². The highest BCUT2D eigenvalue weighted by molar-refractivity contribution is 6.29. The van der Waals surface area contributed by atoms with E-state index in [1.165, 1.54) is 0 Å². The number of nitriles is 1. The topological polar surface area (TPSA) is 41.6 Å². The molecule has 0 saturated heterocycles. The highest BCUT2D eigenvalue weighted by atomic mass is 35.5. The highest BCUT2D eigenvalue weighted by Crippen LogP contribution is 2.21. The molecular weight excluding hydrogens is 222 g/mol. The second-order valence-corrected chi connectivity index (χ2v) is 3.74. The van der Waals surface area contributed by atoms with Gasteiger partial charge in [0.2, 0.25) is 0 Å². The summed E-state index contributed by atoms with van der Waals surface area (Å²) in [6.07, 6.45) is 0.412. The molecule has 4 heteroatoms. The molecule has 0 aliphatic rings. The maximum absolute atomic E-state index is 8.51. The van der Waals surface area contributed by atoms with E-state index in [-0.39, 0.29) is 0 Å². The SMILES string of the molecule is N#CCCn1nc(-c2ccccc2)cc1Cl. The van der Waals surface area contributed by atoms with Gasteiger partial charge >= 0.3 is 0 Å². The number of halogens is 1. The maximum Gasteiger partial charge on any atom is 0.127 e. The highest BCUT2D eigenvalue weighted by Gasteiger charge is 2.06. The third-order valence-corrected chi connectivity index (χ3v) is 2.54. The van der Waals surface area contributed by atoms with Crippen molar-refractivity contribution < 1.29 is 0 Å². The number of aromatic nitrogens is 2. The van der Waals surface area contributed by atoms with Gasteiger partial charge in [0.05, 0.1) is 24.7 Å². The fourth-order valence-corrected chi connectivity index (χ4v) is 1.68. The quantitative estimate of drug-likeness (QED) is 0.815. The molecule has 0 spiro atoms. The Morgan fingerprint density at radius 3 is 2.75 bits per heavy atom. The number of aryl methyl sites for hydroxylation is 1. The van der Waals surface area contributed by atoms with E-state index in [4.69, 9.17) is 16.9 Å². The smallest absolute Gasteiger partial charge is 0.127 e. The number of hydrogen-bond acceptors (Lipinski definition) is 2. The lowest BCUT2D eigenvalue weighted by Gasteiger charge is -1.97. The molecule has 0 amide bonds. The number of rotatable bonds is 3. The average Bonchev–Trinajstić information content (AvgIpc) is 2.69. The number of hydrogen-bond donors (Lipinski definition) is 0. The Bertz CT molecular complexity index is 511. The molecule has 1 heterocycles. The summed E-state index contributed by atoms with van der Waals surface area (Å²) in [7, 11) is 0. The zero-order valence-corrected chi connectivity index (χ0v) is 9.35. The predicted octanol–water partition coefficient (Wildman–Crippen LogP) is 3.12. The predicted molar refractivity (Wildman–Crippen MR) is 62.9 cm³/mol. The van der Waals surface area contributed by atoms with Crippen molar-refractivity contribution >= 4 is 11.6 Å². The lowest BCUT2D eigenvalue weighted by Crippen LogP contribution is -1.99. The van der Waals surface area contributed by atoms with Crippen molar-refractivity contribution in [3.05, 3.63) is 41.6 Å². The summed E-state index contributed by atoms with van der Waals surface area (Å²) in [6, 6.07) is 13.7. The van der Waals surface area contributed by atoms with Gasteiger partial charge in [-0.3, -0.25) is 4.68 Å². The Hall–Kier alpha value is -1.79. The first kappa shape index (κ1) is 10.7. The summed E-state index contributed by atoms with van der Waals surface area (Å²) in [5.74, 6) is 0. The van der Waals surface area contributed by atoms with E-state index >= 15 is 0 Å². The van der Waals surface area contributed by atoms with E-state index in [0.717, 1.165) is 11.3 Å². The monoisotopic (exact) mass is 231 g/mol. The van der Waals surface area contributed by atoms with Crippen LogP contribution in [0, 0.1) is 11.3 Å². The second-order valence-electron chi connectivity index (χ2n) is 3.35. The van der Waals surface area contributed by atoms with E-state index in [2.05, 4.69) is 11.2 Å². The van der Waals surface area contributed by atoms with Crippen molar-refractivity contribution in [1.29, 1.82) is 5.26 Å². The molecule has 80 valence electrons. The third kappa shape index (κ3) is 2.23. The second kappa shape index (κ2) is 4.82. The van der Waals surface area contributed by atoms with Crippen molar-refractivity contribution in [3.8, 4) is 17.3 Å². The number of nitrogens with zero attached hydrogens (tertiary/aromatic N) is 3. The van der Waals surface area contributed by atoms with E-state index in [0.29, 0.717) is 18.1 Å². The van der Waals surface area contributed by atoms with E-state index in [9.17, 15) is 0 Å². The van der Waals surface area contributed by atoms with Crippen LogP contribution in [-0.2, 0) is 6.54 Å². The maximum atomic E-state index is 8.51. The van der Waals surface area contributed by atoms with Gasteiger partial charge in [-0.25, -0.2) is 0 Å². The van der Waals surface area contributed by atoms with Crippen LogP contribution in [0.5, 0.6) is 0 Å².